The van der Waals surface area contributed by atoms with Gasteiger partial charge in [0.05, 0.1) is 26.6 Å². The van der Waals surface area contributed by atoms with Crippen molar-refractivity contribution in [1.29, 1.82) is 5.26 Å². The number of aryl methyl sites for hydroxylation is 1. The summed E-state index contributed by atoms with van der Waals surface area (Å²) < 4.78 is 27.3. The number of anilines is 1. The molecule has 0 saturated carbocycles. The lowest BCUT2D eigenvalue weighted by Gasteiger charge is -2.06. The second kappa shape index (κ2) is 8.96. The summed E-state index contributed by atoms with van der Waals surface area (Å²) in [6.45, 7) is 1.79. The van der Waals surface area contributed by atoms with E-state index in [9.17, 15) is 13.2 Å². The fourth-order valence-corrected chi connectivity index (χ4v) is 4.70. The molecule has 25 heavy (non-hydrogen) atoms. The van der Waals surface area contributed by atoms with Gasteiger partial charge in [-0.05, 0) is 19.1 Å². The van der Waals surface area contributed by atoms with Crippen molar-refractivity contribution in [1.82, 2.24) is 9.71 Å². The first-order valence-corrected chi connectivity index (χ1v) is 10.5. The van der Waals surface area contributed by atoms with Gasteiger partial charge in [-0.3, -0.25) is 4.79 Å². The number of nitriles is 1. The number of rotatable bonds is 8. The molecule has 2 N–H and O–H groups in total. The molecule has 132 valence electrons. The van der Waals surface area contributed by atoms with Crippen LogP contribution in [0.3, 0.4) is 0 Å². The van der Waals surface area contributed by atoms with Gasteiger partial charge in [0, 0.05) is 13.0 Å². The minimum Gasteiger partial charge on any atom is -0.302 e. The molecule has 2 aromatic rings. The van der Waals surface area contributed by atoms with E-state index in [2.05, 4.69) is 15.0 Å². The van der Waals surface area contributed by atoms with Crippen molar-refractivity contribution in [2.45, 2.75) is 22.4 Å². The van der Waals surface area contributed by atoms with Gasteiger partial charge >= 0.3 is 0 Å². The molecule has 2 rings (SSSR count). The number of sulfonamides is 1. The first-order chi connectivity index (χ1) is 11.9. The molecule has 0 fully saturated rings. The van der Waals surface area contributed by atoms with E-state index in [4.69, 9.17) is 5.26 Å². The van der Waals surface area contributed by atoms with Crippen LogP contribution in [0.25, 0.3) is 0 Å². The third-order valence-corrected chi connectivity index (χ3v) is 6.74. The number of thiazole rings is 1. The van der Waals surface area contributed by atoms with Gasteiger partial charge in [-0.1, -0.05) is 41.3 Å². The van der Waals surface area contributed by atoms with E-state index in [1.807, 2.05) is 6.07 Å². The maximum absolute atomic E-state index is 12.0. The van der Waals surface area contributed by atoms with Crippen molar-refractivity contribution in [2.24, 2.45) is 0 Å². The molecule has 1 aromatic heterocycles. The van der Waals surface area contributed by atoms with E-state index in [0.29, 0.717) is 10.9 Å². The topological polar surface area (TPSA) is 112 Å². The van der Waals surface area contributed by atoms with Gasteiger partial charge in [0.2, 0.25) is 15.9 Å². The monoisotopic (exact) mass is 396 g/mol. The Morgan fingerprint density at radius 1 is 1.36 bits per heavy atom. The standard InChI is InChI=1S/C15H16N4O3S3/c1-11-14(23-10-8-16)24-15(18-11)19-13(20)7-9-17-25(21,22)12-5-3-2-4-6-12/h2-6,17H,7,9-10H2,1H3,(H,18,19,20). The third-order valence-electron chi connectivity index (χ3n) is 2.97. The van der Waals surface area contributed by atoms with Crippen LogP contribution in [0.1, 0.15) is 12.1 Å². The van der Waals surface area contributed by atoms with Crippen LogP contribution in [-0.4, -0.2) is 31.6 Å². The van der Waals surface area contributed by atoms with Crippen LogP contribution in [0.15, 0.2) is 39.4 Å². The fourth-order valence-electron chi connectivity index (χ4n) is 1.83. The zero-order valence-electron chi connectivity index (χ0n) is 13.4. The van der Waals surface area contributed by atoms with Crippen LogP contribution in [0.5, 0.6) is 0 Å². The predicted octanol–water partition coefficient (Wildman–Crippen LogP) is 2.37. The highest BCUT2D eigenvalue weighted by Crippen LogP contribution is 2.31. The number of hydrogen-bond acceptors (Lipinski definition) is 7. The highest BCUT2D eigenvalue weighted by molar-refractivity contribution is 8.01. The Hall–Kier alpha value is -1.93. The summed E-state index contributed by atoms with van der Waals surface area (Å²) in [5.74, 6) is -0.0149. The number of amides is 1. The summed E-state index contributed by atoms with van der Waals surface area (Å²) in [5.41, 5.74) is 0.755. The van der Waals surface area contributed by atoms with E-state index in [1.165, 1.54) is 35.2 Å². The summed E-state index contributed by atoms with van der Waals surface area (Å²) in [7, 11) is -3.62. The summed E-state index contributed by atoms with van der Waals surface area (Å²) in [4.78, 5) is 16.3. The first kappa shape index (κ1) is 19.4. The maximum Gasteiger partial charge on any atom is 0.240 e. The lowest BCUT2D eigenvalue weighted by Crippen LogP contribution is -2.27. The summed E-state index contributed by atoms with van der Waals surface area (Å²) in [5, 5.41) is 11.7. The molecule has 7 nitrogen and oxygen atoms in total. The van der Waals surface area contributed by atoms with Crippen molar-refractivity contribution in [3.8, 4) is 6.07 Å². The lowest BCUT2D eigenvalue weighted by atomic mass is 10.4. The minimum absolute atomic E-state index is 0.00857. The number of thioether (sulfide) groups is 1. The SMILES string of the molecule is Cc1nc(NC(=O)CCNS(=O)(=O)c2ccccc2)sc1SCC#N. The van der Waals surface area contributed by atoms with Crippen molar-refractivity contribution >= 4 is 44.2 Å². The summed E-state index contributed by atoms with van der Waals surface area (Å²) in [6, 6.07) is 10.0. The molecular weight excluding hydrogens is 380 g/mol. The van der Waals surface area contributed by atoms with Crippen LogP contribution in [0, 0.1) is 18.3 Å². The fraction of sp³-hybridized carbons (Fsp3) is 0.267. The second-order valence-corrected chi connectivity index (χ2v) is 8.86. The number of carbonyl (C=O) groups is 1. The van der Waals surface area contributed by atoms with Gasteiger partial charge in [0.15, 0.2) is 5.13 Å². The predicted molar refractivity (Wildman–Crippen MR) is 98.1 cm³/mol. The highest BCUT2D eigenvalue weighted by Gasteiger charge is 2.14. The molecule has 10 heteroatoms. The van der Waals surface area contributed by atoms with Crippen molar-refractivity contribution in [2.75, 3.05) is 17.6 Å². The summed E-state index contributed by atoms with van der Waals surface area (Å²) in [6.07, 6.45) is -0.00857. The molecule has 0 saturated heterocycles. The van der Waals surface area contributed by atoms with Gasteiger partial charge in [0.25, 0.3) is 0 Å². The molecule has 0 unspecified atom stereocenters. The van der Waals surface area contributed by atoms with Crippen molar-refractivity contribution < 1.29 is 13.2 Å². The molecule has 0 aliphatic carbocycles. The number of hydrogen-bond donors (Lipinski definition) is 2. The van der Waals surface area contributed by atoms with E-state index >= 15 is 0 Å². The van der Waals surface area contributed by atoms with Crippen LogP contribution in [0.2, 0.25) is 0 Å². The molecule has 1 heterocycles. The third kappa shape index (κ3) is 5.82. The molecule has 0 aliphatic heterocycles. The molecule has 0 radical (unpaired) electrons. The first-order valence-electron chi connectivity index (χ1n) is 7.24. The van der Waals surface area contributed by atoms with Gasteiger partial charge < -0.3 is 5.32 Å². The van der Waals surface area contributed by atoms with Crippen molar-refractivity contribution in [3.63, 3.8) is 0 Å². The normalized spacial score (nSPS) is 11.0. The number of carbonyl (C=O) groups excluding carboxylic acids is 1. The van der Waals surface area contributed by atoms with Crippen LogP contribution < -0.4 is 10.0 Å². The Kier molecular flexibility index (Phi) is 6.95. The number of nitrogens with zero attached hydrogens (tertiary/aromatic N) is 2. The number of benzene rings is 1. The van der Waals surface area contributed by atoms with E-state index in [-0.39, 0.29) is 23.8 Å². The van der Waals surface area contributed by atoms with Crippen molar-refractivity contribution in [3.05, 3.63) is 36.0 Å². The second-order valence-electron chi connectivity index (χ2n) is 4.85. The number of nitrogens with one attached hydrogen (secondary N) is 2. The summed E-state index contributed by atoms with van der Waals surface area (Å²) >= 11 is 2.66. The molecule has 1 aromatic carbocycles. The van der Waals surface area contributed by atoms with Crippen LogP contribution in [0.4, 0.5) is 5.13 Å². The highest BCUT2D eigenvalue weighted by atomic mass is 32.2. The molecule has 1 amide bonds. The Morgan fingerprint density at radius 2 is 2.08 bits per heavy atom. The quantitative estimate of drug-likeness (QED) is 0.663. The molecule has 0 aliphatic rings. The van der Waals surface area contributed by atoms with E-state index in [1.54, 1.807) is 25.1 Å². The zero-order valence-corrected chi connectivity index (χ0v) is 15.8. The van der Waals surface area contributed by atoms with Gasteiger partial charge in [-0.25, -0.2) is 18.1 Å². The smallest absolute Gasteiger partial charge is 0.240 e. The van der Waals surface area contributed by atoms with Crippen LogP contribution in [-0.2, 0) is 14.8 Å². The molecule has 0 atom stereocenters. The Labute approximate surface area is 154 Å². The van der Waals surface area contributed by atoms with E-state index < -0.39 is 10.0 Å². The lowest BCUT2D eigenvalue weighted by molar-refractivity contribution is -0.116. The zero-order chi connectivity index (χ0) is 18.3. The van der Waals surface area contributed by atoms with E-state index in [0.717, 1.165) is 9.90 Å². The van der Waals surface area contributed by atoms with Gasteiger partial charge in [-0.15, -0.1) is 0 Å². The maximum atomic E-state index is 12.0. The van der Waals surface area contributed by atoms with Gasteiger partial charge in [0.1, 0.15) is 0 Å². The average molecular weight is 397 g/mol. The van der Waals surface area contributed by atoms with Crippen LogP contribution >= 0.6 is 23.1 Å². The number of aromatic nitrogens is 1. The minimum atomic E-state index is -3.62. The Balaban J connectivity index is 1.84. The molecule has 0 spiro atoms. The van der Waals surface area contributed by atoms with Gasteiger partial charge in [-0.2, -0.15) is 5.26 Å². The average Bonchev–Trinajstić information content (AvgIpc) is 2.92. The molecule has 0 bridgehead atoms. The Morgan fingerprint density at radius 3 is 2.76 bits per heavy atom. The molecular formula is C15H16N4O3S3. The Bertz CT molecular complexity index is 873. The largest absolute Gasteiger partial charge is 0.302 e.